The van der Waals surface area contributed by atoms with E-state index in [0.717, 1.165) is 50.3 Å². The second-order valence-electron chi connectivity index (χ2n) is 16.9. The van der Waals surface area contributed by atoms with Gasteiger partial charge < -0.3 is 26.5 Å². The van der Waals surface area contributed by atoms with Crippen LogP contribution in [0.5, 0.6) is 11.5 Å². The van der Waals surface area contributed by atoms with Crippen LogP contribution in [0.25, 0.3) is 44.4 Å². The predicted molar refractivity (Wildman–Crippen MR) is 243 cm³/mol. The Morgan fingerprint density at radius 3 is 2.00 bits per heavy atom. The maximum atomic E-state index is 6.62. The molecule has 0 spiro atoms. The third-order valence-electron chi connectivity index (χ3n) is 10.8. The zero-order valence-corrected chi connectivity index (χ0v) is 37.0. The number of fused-ring (bicyclic) bond motifs is 3. The van der Waals surface area contributed by atoms with Crippen LogP contribution in [0, 0.1) is 19.6 Å². The van der Waals surface area contributed by atoms with Gasteiger partial charge in [0.2, 0.25) is 0 Å². The Labute approximate surface area is 363 Å². The number of rotatable bonds is 7. The molecule has 0 saturated heterocycles. The normalized spacial score (nSPS) is 12.9. The number of ether oxygens (including phenoxy) is 1. The minimum Gasteiger partial charge on any atom is -0.509 e. The van der Waals surface area contributed by atoms with E-state index in [4.69, 9.17) is 9.72 Å². The Balaban J connectivity index is 0.00000264. The van der Waals surface area contributed by atoms with E-state index in [2.05, 4.69) is 202 Å². The Morgan fingerprint density at radius 1 is 0.593 bits per heavy atom. The van der Waals surface area contributed by atoms with Crippen LogP contribution in [-0.2, 0) is 31.9 Å². The van der Waals surface area contributed by atoms with E-state index in [1.807, 2.05) is 24.4 Å². The van der Waals surface area contributed by atoms with Gasteiger partial charge in [0, 0.05) is 56.2 Å². The number of anilines is 2. The Hall–Kier alpha value is -5.90. The molecule has 0 bridgehead atoms. The third kappa shape index (κ3) is 8.22. The maximum Gasteiger partial charge on any atom is 0.135 e. The zero-order valence-electron chi connectivity index (χ0n) is 34.7. The molecule has 0 unspecified atom stereocenters. The molecule has 0 radical (unpaired) electrons. The smallest absolute Gasteiger partial charge is 0.135 e. The van der Waals surface area contributed by atoms with Gasteiger partial charge in [-0.05, 0) is 74.4 Å². The van der Waals surface area contributed by atoms with Crippen LogP contribution < -0.4 is 14.5 Å². The molecule has 0 aliphatic carbocycles. The minimum absolute atomic E-state index is 0. The molecular weight excluding hydrogens is 904 g/mol. The number of aromatic nitrogens is 2. The van der Waals surface area contributed by atoms with Gasteiger partial charge in [0.1, 0.15) is 5.82 Å². The summed E-state index contributed by atoms with van der Waals surface area (Å²) in [6.45, 7) is 14.1. The summed E-state index contributed by atoms with van der Waals surface area (Å²) in [5, 5.41) is 2.24. The molecule has 5 nitrogen and oxygen atoms in total. The van der Waals surface area contributed by atoms with Crippen LogP contribution in [0.1, 0.15) is 58.2 Å². The molecule has 6 aromatic carbocycles. The summed E-state index contributed by atoms with van der Waals surface area (Å²) in [4.78, 5) is 9.50. The summed E-state index contributed by atoms with van der Waals surface area (Å²) in [6.07, 6.45) is 4.16. The zero-order chi connectivity index (χ0) is 39.3. The summed E-state index contributed by atoms with van der Waals surface area (Å²) < 4.78 is 8.81. The molecule has 8 aromatic rings. The van der Waals surface area contributed by atoms with Crippen molar-refractivity contribution in [1.29, 1.82) is 0 Å². The monoisotopic (exact) mass is 952 g/mol. The van der Waals surface area contributed by atoms with E-state index < -0.39 is 0 Å². The van der Waals surface area contributed by atoms with E-state index >= 15 is 0 Å². The van der Waals surface area contributed by atoms with Gasteiger partial charge in [-0.3, -0.25) is 0 Å². The first-order chi connectivity index (χ1) is 27.5. The molecule has 3 heterocycles. The second kappa shape index (κ2) is 16.4. The first-order valence-electron chi connectivity index (χ1n) is 19.6. The topological polar surface area (TPSA) is 33.5 Å². The summed E-state index contributed by atoms with van der Waals surface area (Å²) in [5.74, 6) is 2.09. The van der Waals surface area contributed by atoms with Crippen molar-refractivity contribution in [1.82, 2.24) is 9.55 Å². The van der Waals surface area contributed by atoms with Gasteiger partial charge in [0.25, 0.3) is 0 Å². The van der Waals surface area contributed by atoms with Crippen LogP contribution in [-0.4, -0.2) is 16.2 Å². The first kappa shape index (κ1) is 41.3. The van der Waals surface area contributed by atoms with Crippen molar-refractivity contribution < 1.29 is 25.8 Å². The molecule has 9 rings (SSSR count). The number of benzene rings is 6. The number of para-hydroxylation sites is 1. The molecule has 0 N–H and O–H groups in total. The van der Waals surface area contributed by atoms with Crippen LogP contribution >= 0.6 is 0 Å². The summed E-state index contributed by atoms with van der Waals surface area (Å²) >= 11 is 0. The van der Waals surface area contributed by atoms with Crippen LogP contribution in [0.4, 0.5) is 11.4 Å². The Kier molecular flexibility index (Phi) is 11.5. The van der Waals surface area contributed by atoms with E-state index in [1.165, 1.54) is 22.3 Å². The van der Waals surface area contributed by atoms with E-state index in [1.54, 1.807) is 0 Å². The van der Waals surface area contributed by atoms with Gasteiger partial charge in [0.15, 0.2) is 0 Å². The number of nitrogens with zero attached hydrogens (tertiary/aromatic N) is 4. The molecule has 6 heteroatoms. The SMILES string of the molecule is CC(C)(C)c1cc(-c2ccccc2)cc(N2C=C(c3ccccc3)N(c3[c-]c(Oc4[c-]c5c(cc4)c4ccccc4n5-c4cc(C(C)(C)C)ccn4)ccc3)C2)c1.[CH3-].[Pt]. The molecular formula is C53H49N4OPt-3. The molecule has 0 atom stereocenters. The van der Waals surface area contributed by atoms with E-state index in [-0.39, 0.29) is 39.3 Å². The van der Waals surface area contributed by atoms with Gasteiger partial charge >= 0.3 is 0 Å². The average Bonchev–Trinajstić information content (AvgIpc) is 3.81. The quantitative estimate of drug-likeness (QED) is 0.149. The number of hydrogen-bond donors (Lipinski definition) is 0. The van der Waals surface area contributed by atoms with Crippen molar-refractivity contribution in [2.45, 2.75) is 52.4 Å². The number of pyridine rings is 1. The van der Waals surface area contributed by atoms with E-state index in [9.17, 15) is 0 Å². The summed E-state index contributed by atoms with van der Waals surface area (Å²) in [7, 11) is 0. The minimum atomic E-state index is -0.0221. The number of hydrogen-bond acceptors (Lipinski definition) is 4. The molecule has 300 valence electrons. The molecule has 59 heavy (non-hydrogen) atoms. The van der Waals surface area contributed by atoms with Crippen molar-refractivity contribution in [3.8, 4) is 28.4 Å². The molecule has 2 aromatic heterocycles. The standard InChI is InChI=1S/C52H46N4O.CH3.Pt/c1-51(2,3)39-26-27-53-50(31-39)56-47-23-14-13-22-45(47)46-25-24-44(33-48(46)56)57-43-21-15-20-41(32-43)55-35-54(34-49(55)37-18-11-8-12-19-37)42-29-38(36-16-9-7-10-17-36)28-40(30-42)52(4,5)6;;/h7-31,34H,35H2,1-6H3;1H3;/q-2;-1;. The fraction of sp³-hybridized carbons (Fsp3) is 0.170. The summed E-state index contributed by atoms with van der Waals surface area (Å²) in [6, 6.07) is 58.4. The molecule has 1 aliphatic heterocycles. The fourth-order valence-corrected chi connectivity index (χ4v) is 7.65. The van der Waals surface area contributed by atoms with Crippen molar-refractivity contribution in [2.75, 3.05) is 16.5 Å². The van der Waals surface area contributed by atoms with Crippen LogP contribution in [0.2, 0.25) is 0 Å². The Morgan fingerprint density at radius 2 is 1.27 bits per heavy atom. The largest absolute Gasteiger partial charge is 0.509 e. The third-order valence-corrected chi connectivity index (χ3v) is 10.8. The van der Waals surface area contributed by atoms with Gasteiger partial charge in [-0.25, -0.2) is 4.98 Å². The van der Waals surface area contributed by atoms with Crippen molar-refractivity contribution in [2.24, 2.45) is 0 Å². The van der Waals surface area contributed by atoms with Gasteiger partial charge in [-0.15, -0.1) is 35.7 Å². The van der Waals surface area contributed by atoms with Gasteiger partial charge in [-0.2, -0.15) is 12.1 Å². The van der Waals surface area contributed by atoms with Gasteiger partial charge in [0.05, 0.1) is 12.4 Å². The van der Waals surface area contributed by atoms with Crippen LogP contribution in [0.3, 0.4) is 0 Å². The van der Waals surface area contributed by atoms with Gasteiger partial charge in [-0.1, -0.05) is 138 Å². The second-order valence-corrected chi connectivity index (χ2v) is 16.9. The summed E-state index contributed by atoms with van der Waals surface area (Å²) in [5.41, 5.74) is 11.2. The van der Waals surface area contributed by atoms with E-state index in [0.29, 0.717) is 18.2 Å². The molecule has 0 fully saturated rings. The van der Waals surface area contributed by atoms with Crippen molar-refractivity contribution >= 4 is 38.9 Å². The molecule has 1 aliphatic rings. The molecule has 0 amide bonds. The Bertz CT molecular complexity index is 2780. The van der Waals surface area contributed by atoms with Crippen molar-refractivity contribution in [3.63, 3.8) is 0 Å². The van der Waals surface area contributed by atoms with Crippen LogP contribution in [0.15, 0.2) is 158 Å². The average molecular weight is 953 g/mol. The molecule has 0 saturated carbocycles. The van der Waals surface area contributed by atoms with Crippen molar-refractivity contribution in [3.05, 3.63) is 194 Å². The first-order valence-corrected chi connectivity index (χ1v) is 19.6. The fourth-order valence-electron chi connectivity index (χ4n) is 7.65. The predicted octanol–water partition coefficient (Wildman–Crippen LogP) is 13.6. The maximum absolute atomic E-state index is 6.62.